The molecule has 0 saturated carbocycles. The van der Waals surface area contributed by atoms with Crippen molar-refractivity contribution in [3.63, 3.8) is 0 Å². The summed E-state index contributed by atoms with van der Waals surface area (Å²) >= 11 is 6.18. The average Bonchev–Trinajstić information content (AvgIpc) is 2.52. The van der Waals surface area contributed by atoms with Crippen LogP contribution in [-0.4, -0.2) is 17.1 Å². The molecular formula is C22H30ClNO2. The minimum atomic E-state index is -1.01. The second-order valence-corrected chi connectivity index (χ2v) is 7.42. The highest BCUT2D eigenvalue weighted by molar-refractivity contribution is 6.34. The molecule has 0 bridgehead atoms. The van der Waals surface area contributed by atoms with E-state index in [-0.39, 0.29) is 11.6 Å². The van der Waals surface area contributed by atoms with Gasteiger partial charge >= 0.3 is 5.97 Å². The Morgan fingerprint density at radius 1 is 1.19 bits per heavy atom. The standard InChI is InChI=1S/C22H30ClNO2/c1-15(2)7-5-8-16(3)13-19(24)14-17(4)11-12-18-9-6-10-20(21(18)23)22(25)26/h6-7,9-11,13,19H,5,8,12,14,24H2,1-4H3,(H,25,26). The zero-order valence-corrected chi connectivity index (χ0v) is 16.9. The van der Waals surface area contributed by atoms with Crippen LogP contribution in [0, 0.1) is 0 Å². The van der Waals surface area contributed by atoms with Crippen molar-refractivity contribution in [2.45, 2.75) is 59.4 Å². The fourth-order valence-electron chi connectivity index (χ4n) is 2.74. The van der Waals surface area contributed by atoms with E-state index >= 15 is 0 Å². The molecule has 0 aliphatic heterocycles. The van der Waals surface area contributed by atoms with E-state index in [1.165, 1.54) is 22.8 Å². The Bertz CT molecular complexity index is 713. The Labute approximate surface area is 162 Å². The fourth-order valence-corrected chi connectivity index (χ4v) is 3.02. The van der Waals surface area contributed by atoms with E-state index in [0.29, 0.717) is 11.4 Å². The van der Waals surface area contributed by atoms with Gasteiger partial charge in [0.1, 0.15) is 0 Å². The summed E-state index contributed by atoms with van der Waals surface area (Å²) in [6.07, 6.45) is 9.89. The summed E-state index contributed by atoms with van der Waals surface area (Å²) in [5.41, 5.74) is 11.0. The Morgan fingerprint density at radius 3 is 2.50 bits per heavy atom. The highest BCUT2D eigenvalue weighted by Gasteiger charge is 2.11. The summed E-state index contributed by atoms with van der Waals surface area (Å²) in [6, 6.07) is 5.08. The molecule has 0 saturated heterocycles. The number of hydrogen-bond donors (Lipinski definition) is 2. The van der Waals surface area contributed by atoms with Crippen LogP contribution in [0.3, 0.4) is 0 Å². The molecule has 0 aliphatic rings. The highest BCUT2D eigenvalue weighted by atomic mass is 35.5. The number of carboxylic acids is 1. The minimum absolute atomic E-state index is 0.0150. The zero-order valence-electron chi connectivity index (χ0n) is 16.2. The van der Waals surface area contributed by atoms with Crippen molar-refractivity contribution in [2.24, 2.45) is 5.73 Å². The van der Waals surface area contributed by atoms with Crippen molar-refractivity contribution < 1.29 is 9.90 Å². The fraction of sp³-hybridized carbons (Fsp3) is 0.409. The third kappa shape index (κ3) is 8.03. The molecule has 0 amide bonds. The van der Waals surface area contributed by atoms with E-state index in [9.17, 15) is 4.79 Å². The molecular weight excluding hydrogens is 346 g/mol. The monoisotopic (exact) mass is 375 g/mol. The molecule has 142 valence electrons. The third-order valence-electron chi connectivity index (χ3n) is 4.13. The van der Waals surface area contributed by atoms with Crippen molar-refractivity contribution in [1.29, 1.82) is 0 Å². The maximum absolute atomic E-state index is 11.1. The number of aromatic carboxylic acids is 1. The van der Waals surface area contributed by atoms with Crippen LogP contribution in [0.2, 0.25) is 5.02 Å². The first-order chi connectivity index (χ1) is 12.2. The third-order valence-corrected chi connectivity index (χ3v) is 4.57. The second kappa shape index (κ2) is 11.0. The van der Waals surface area contributed by atoms with Gasteiger partial charge in [-0.2, -0.15) is 0 Å². The van der Waals surface area contributed by atoms with Crippen molar-refractivity contribution in [2.75, 3.05) is 0 Å². The van der Waals surface area contributed by atoms with E-state index in [0.717, 1.165) is 24.8 Å². The average molecular weight is 376 g/mol. The van der Waals surface area contributed by atoms with Crippen LogP contribution in [-0.2, 0) is 6.42 Å². The van der Waals surface area contributed by atoms with Gasteiger partial charge in [0.25, 0.3) is 0 Å². The zero-order chi connectivity index (χ0) is 19.7. The Kier molecular flexibility index (Phi) is 9.39. The van der Waals surface area contributed by atoms with Crippen molar-refractivity contribution >= 4 is 17.6 Å². The van der Waals surface area contributed by atoms with Gasteiger partial charge in [0, 0.05) is 6.04 Å². The van der Waals surface area contributed by atoms with Crippen molar-refractivity contribution in [1.82, 2.24) is 0 Å². The number of benzene rings is 1. The SMILES string of the molecule is CC(C)=CCCC(C)=CC(N)CC(C)=CCc1cccc(C(=O)O)c1Cl. The molecule has 26 heavy (non-hydrogen) atoms. The van der Waals surface area contributed by atoms with Crippen LogP contribution in [0.5, 0.6) is 0 Å². The van der Waals surface area contributed by atoms with Crippen LogP contribution in [0.15, 0.2) is 53.1 Å². The molecule has 1 rings (SSSR count). The normalized spacial score (nSPS) is 13.5. The first-order valence-corrected chi connectivity index (χ1v) is 9.31. The Balaban J connectivity index is 2.64. The number of halogens is 1. The van der Waals surface area contributed by atoms with Gasteiger partial charge in [0.15, 0.2) is 0 Å². The van der Waals surface area contributed by atoms with Gasteiger partial charge in [-0.3, -0.25) is 0 Å². The second-order valence-electron chi connectivity index (χ2n) is 7.04. The van der Waals surface area contributed by atoms with Crippen molar-refractivity contribution in [3.05, 3.63) is 69.3 Å². The van der Waals surface area contributed by atoms with E-state index in [1.807, 2.05) is 13.0 Å². The lowest BCUT2D eigenvalue weighted by atomic mass is 10.0. The number of nitrogens with two attached hydrogens (primary N) is 1. The van der Waals surface area contributed by atoms with Crippen LogP contribution in [0.1, 0.15) is 62.9 Å². The van der Waals surface area contributed by atoms with E-state index in [4.69, 9.17) is 22.4 Å². The summed E-state index contributed by atoms with van der Waals surface area (Å²) < 4.78 is 0. The molecule has 0 spiro atoms. The lowest BCUT2D eigenvalue weighted by Crippen LogP contribution is -2.17. The predicted octanol–water partition coefficient (Wildman–Crippen LogP) is 5.94. The Hall–Kier alpha value is -1.84. The van der Waals surface area contributed by atoms with Crippen LogP contribution in [0.25, 0.3) is 0 Å². The van der Waals surface area contributed by atoms with E-state index < -0.39 is 5.97 Å². The number of hydrogen-bond acceptors (Lipinski definition) is 2. The molecule has 0 aromatic heterocycles. The molecule has 1 aromatic carbocycles. The van der Waals surface area contributed by atoms with Crippen molar-refractivity contribution in [3.8, 4) is 0 Å². The van der Waals surface area contributed by atoms with Gasteiger partial charge in [-0.1, -0.05) is 58.7 Å². The maximum atomic E-state index is 11.1. The quantitative estimate of drug-likeness (QED) is 0.525. The molecule has 3 N–H and O–H groups in total. The van der Waals surface area contributed by atoms with Gasteiger partial charge in [-0.05, 0) is 65.0 Å². The van der Waals surface area contributed by atoms with Gasteiger partial charge in [0.2, 0.25) is 0 Å². The summed E-state index contributed by atoms with van der Waals surface area (Å²) in [6.45, 7) is 8.38. The lowest BCUT2D eigenvalue weighted by molar-refractivity contribution is 0.0697. The number of carboxylic acid groups (broad SMARTS) is 1. The van der Waals surface area contributed by atoms with E-state index in [1.54, 1.807) is 6.07 Å². The number of rotatable bonds is 9. The molecule has 4 heteroatoms. The molecule has 3 nitrogen and oxygen atoms in total. The van der Waals surface area contributed by atoms with E-state index in [2.05, 4.69) is 39.0 Å². The summed E-state index contributed by atoms with van der Waals surface area (Å²) in [5.74, 6) is -1.01. The first-order valence-electron chi connectivity index (χ1n) is 8.93. The smallest absolute Gasteiger partial charge is 0.337 e. The highest BCUT2D eigenvalue weighted by Crippen LogP contribution is 2.22. The van der Waals surface area contributed by atoms with Gasteiger partial charge in [0.05, 0.1) is 10.6 Å². The lowest BCUT2D eigenvalue weighted by Gasteiger charge is -2.10. The van der Waals surface area contributed by atoms with Gasteiger partial charge < -0.3 is 10.8 Å². The first kappa shape index (κ1) is 22.2. The van der Waals surface area contributed by atoms with Gasteiger partial charge in [-0.25, -0.2) is 4.79 Å². The van der Waals surface area contributed by atoms with Gasteiger partial charge in [-0.15, -0.1) is 0 Å². The summed E-state index contributed by atoms with van der Waals surface area (Å²) in [7, 11) is 0. The van der Waals surface area contributed by atoms with Crippen LogP contribution in [0.4, 0.5) is 0 Å². The number of allylic oxidation sites excluding steroid dienone is 4. The number of carbonyl (C=O) groups is 1. The maximum Gasteiger partial charge on any atom is 0.337 e. The summed E-state index contributed by atoms with van der Waals surface area (Å²) in [5, 5.41) is 9.44. The molecule has 0 radical (unpaired) electrons. The van der Waals surface area contributed by atoms with Crippen LogP contribution < -0.4 is 5.73 Å². The molecule has 0 heterocycles. The minimum Gasteiger partial charge on any atom is -0.478 e. The largest absolute Gasteiger partial charge is 0.478 e. The molecule has 1 aromatic rings. The molecule has 1 unspecified atom stereocenters. The Morgan fingerprint density at radius 2 is 1.88 bits per heavy atom. The molecule has 0 fully saturated rings. The summed E-state index contributed by atoms with van der Waals surface area (Å²) in [4.78, 5) is 11.1. The topological polar surface area (TPSA) is 63.3 Å². The predicted molar refractivity (Wildman–Crippen MR) is 111 cm³/mol. The molecule has 0 aliphatic carbocycles. The molecule has 1 atom stereocenters. The van der Waals surface area contributed by atoms with Crippen LogP contribution >= 0.6 is 11.6 Å².